The third kappa shape index (κ3) is 3.47. The summed E-state index contributed by atoms with van der Waals surface area (Å²) in [7, 11) is 0. The number of rotatable bonds is 3. The number of ether oxygens (including phenoxy) is 1. The van der Waals surface area contributed by atoms with E-state index in [1.54, 1.807) is 12.1 Å². The fourth-order valence-corrected chi connectivity index (χ4v) is 1.27. The number of benzene rings is 1. The van der Waals surface area contributed by atoms with Gasteiger partial charge in [-0.05, 0) is 30.0 Å². The lowest BCUT2D eigenvalue weighted by atomic mass is 10.0. The van der Waals surface area contributed by atoms with Crippen LogP contribution in [0.4, 0.5) is 4.79 Å². The van der Waals surface area contributed by atoms with Crippen molar-refractivity contribution in [1.29, 1.82) is 0 Å². The lowest BCUT2D eigenvalue weighted by molar-refractivity contribution is 0.144. The highest BCUT2D eigenvalue weighted by molar-refractivity contribution is 5.61. The van der Waals surface area contributed by atoms with E-state index in [1.807, 2.05) is 12.1 Å². The second kappa shape index (κ2) is 4.65. The minimum absolute atomic E-state index is 0.366. The average Bonchev–Trinajstić information content (AvgIpc) is 2.06. The normalized spacial score (nSPS) is 10.2. The van der Waals surface area contributed by atoms with Gasteiger partial charge in [0.2, 0.25) is 0 Å². The van der Waals surface area contributed by atoms with Gasteiger partial charge < -0.3 is 9.84 Å². The molecule has 1 aromatic carbocycles. The lowest BCUT2D eigenvalue weighted by Gasteiger charge is -2.05. The van der Waals surface area contributed by atoms with Crippen molar-refractivity contribution in [2.75, 3.05) is 0 Å². The van der Waals surface area contributed by atoms with Gasteiger partial charge in [0.05, 0.1) is 0 Å². The number of hydrogen-bond donors (Lipinski definition) is 1. The van der Waals surface area contributed by atoms with Crippen LogP contribution in [0.1, 0.15) is 19.4 Å². The third-order valence-electron chi connectivity index (χ3n) is 1.77. The van der Waals surface area contributed by atoms with Gasteiger partial charge in [-0.3, -0.25) is 0 Å². The molecule has 1 rings (SSSR count). The quantitative estimate of drug-likeness (QED) is 0.594. The van der Waals surface area contributed by atoms with Crippen molar-refractivity contribution in [2.45, 2.75) is 20.3 Å². The van der Waals surface area contributed by atoms with Crippen molar-refractivity contribution in [3.8, 4) is 5.75 Å². The molecule has 0 saturated heterocycles. The van der Waals surface area contributed by atoms with Gasteiger partial charge in [0.15, 0.2) is 0 Å². The maximum Gasteiger partial charge on any atom is 0.511 e. The Morgan fingerprint density at radius 3 is 2.36 bits per heavy atom. The molecule has 14 heavy (non-hydrogen) atoms. The molecule has 0 spiro atoms. The monoisotopic (exact) mass is 194 g/mol. The van der Waals surface area contributed by atoms with Crippen LogP contribution in [0.25, 0.3) is 0 Å². The van der Waals surface area contributed by atoms with Gasteiger partial charge >= 0.3 is 6.16 Å². The molecule has 1 N–H and O–H groups in total. The molecule has 0 bridgehead atoms. The molecule has 1 aromatic rings. The zero-order chi connectivity index (χ0) is 10.6. The van der Waals surface area contributed by atoms with Crippen molar-refractivity contribution < 1.29 is 14.6 Å². The van der Waals surface area contributed by atoms with Crippen LogP contribution in [0.15, 0.2) is 24.3 Å². The van der Waals surface area contributed by atoms with Crippen LogP contribution in [0.2, 0.25) is 0 Å². The van der Waals surface area contributed by atoms with Gasteiger partial charge in [0.1, 0.15) is 5.75 Å². The smallest absolute Gasteiger partial charge is 0.449 e. The van der Waals surface area contributed by atoms with Crippen LogP contribution in [-0.2, 0) is 6.42 Å². The predicted octanol–water partition coefficient (Wildman–Crippen LogP) is 2.94. The summed E-state index contributed by atoms with van der Waals surface area (Å²) in [5.74, 6) is 0.964. The highest BCUT2D eigenvalue weighted by Crippen LogP contribution is 2.14. The van der Waals surface area contributed by atoms with Crippen molar-refractivity contribution in [3.63, 3.8) is 0 Å². The average molecular weight is 194 g/mol. The standard InChI is InChI=1S/C11H14O3/c1-8(2)7-9-3-5-10(6-4-9)14-11(12)13/h3-6,8H,7H2,1-2H3,(H,12,13). The van der Waals surface area contributed by atoms with E-state index < -0.39 is 6.16 Å². The maximum atomic E-state index is 10.2. The summed E-state index contributed by atoms with van der Waals surface area (Å²) >= 11 is 0. The molecular formula is C11H14O3. The molecular weight excluding hydrogens is 180 g/mol. The molecule has 0 amide bonds. The number of carbonyl (C=O) groups is 1. The summed E-state index contributed by atoms with van der Waals surface area (Å²) in [4.78, 5) is 10.2. The van der Waals surface area contributed by atoms with Crippen LogP contribution in [0, 0.1) is 5.92 Å². The predicted molar refractivity (Wildman–Crippen MR) is 53.6 cm³/mol. The Hall–Kier alpha value is -1.51. The summed E-state index contributed by atoms with van der Waals surface area (Å²) in [5.41, 5.74) is 1.19. The van der Waals surface area contributed by atoms with Crippen LogP contribution >= 0.6 is 0 Å². The first-order valence-electron chi connectivity index (χ1n) is 4.57. The first-order chi connectivity index (χ1) is 6.58. The second-order valence-corrected chi connectivity index (χ2v) is 3.61. The Labute approximate surface area is 83.3 Å². The molecule has 3 heteroatoms. The van der Waals surface area contributed by atoms with Gasteiger partial charge in [-0.25, -0.2) is 4.79 Å². The second-order valence-electron chi connectivity index (χ2n) is 3.61. The Balaban J connectivity index is 2.63. The molecule has 0 aliphatic rings. The third-order valence-corrected chi connectivity index (χ3v) is 1.77. The van der Waals surface area contributed by atoms with Gasteiger partial charge in [-0.15, -0.1) is 0 Å². The Kier molecular flexibility index (Phi) is 3.51. The summed E-state index contributed by atoms with van der Waals surface area (Å²) in [5, 5.41) is 8.36. The molecule has 0 heterocycles. The SMILES string of the molecule is CC(C)Cc1ccc(OC(=O)O)cc1. The largest absolute Gasteiger partial charge is 0.511 e. The van der Waals surface area contributed by atoms with Gasteiger partial charge in [-0.2, -0.15) is 0 Å². The van der Waals surface area contributed by atoms with Crippen LogP contribution in [0.5, 0.6) is 5.75 Å². The zero-order valence-electron chi connectivity index (χ0n) is 8.36. The molecule has 0 aromatic heterocycles. The molecule has 0 unspecified atom stereocenters. The van der Waals surface area contributed by atoms with Crippen molar-refractivity contribution >= 4 is 6.16 Å². The molecule has 0 fully saturated rings. The van der Waals surface area contributed by atoms with Gasteiger partial charge in [0, 0.05) is 0 Å². The Morgan fingerprint density at radius 1 is 1.36 bits per heavy atom. The van der Waals surface area contributed by atoms with E-state index in [0.29, 0.717) is 11.7 Å². The highest BCUT2D eigenvalue weighted by atomic mass is 16.7. The summed E-state index contributed by atoms with van der Waals surface area (Å²) in [6.45, 7) is 4.28. The molecule has 0 atom stereocenters. The molecule has 0 radical (unpaired) electrons. The lowest BCUT2D eigenvalue weighted by Crippen LogP contribution is -2.03. The highest BCUT2D eigenvalue weighted by Gasteiger charge is 2.01. The van der Waals surface area contributed by atoms with E-state index in [0.717, 1.165) is 6.42 Å². The molecule has 76 valence electrons. The fourth-order valence-electron chi connectivity index (χ4n) is 1.27. The van der Waals surface area contributed by atoms with Crippen LogP contribution in [-0.4, -0.2) is 11.3 Å². The first-order valence-corrected chi connectivity index (χ1v) is 4.57. The fraction of sp³-hybridized carbons (Fsp3) is 0.364. The summed E-state index contributed by atoms with van der Waals surface area (Å²) in [6, 6.07) is 7.12. The number of hydrogen-bond acceptors (Lipinski definition) is 2. The van der Waals surface area contributed by atoms with E-state index in [9.17, 15) is 4.79 Å². The topological polar surface area (TPSA) is 46.5 Å². The summed E-state index contributed by atoms with van der Waals surface area (Å²) < 4.78 is 4.49. The maximum absolute atomic E-state index is 10.2. The Bertz CT molecular complexity index is 301. The Morgan fingerprint density at radius 2 is 1.93 bits per heavy atom. The number of carboxylic acid groups (broad SMARTS) is 1. The first kappa shape index (κ1) is 10.6. The minimum atomic E-state index is -1.28. The molecule has 0 aliphatic heterocycles. The van der Waals surface area contributed by atoms with Crippen LogP contribution < -0.4 is 4.74 Å². The van der Waals surface area contributed by atoms with Crippen molar-refractivity contribution in [2.24, 2.45) is 5.92 Å². The zero-order valence-corrected chi connectivity index (χ0v) is 8.36. The molecule has 0 aliphatic carbocycles. The minimum Gasteiger partial charge on any atom is -0.449 e. The van der Waals surface area contributed by atoms with E-state index in [4.69, 9.17) is 5.11 Å². The molecule has 0 saturated carbocycles. The van der Waals surface area contributed by atoms with Crippen LogP contribution in [0.3, 0.4) is 0 Å². The van der Waals surface area contributed by atoms with E-state index >= 15 is 0 Å². The van der Waals surface area contributed by atoms with Crippen molar-refractivity contribution in [3.05, 3.63) is 29.8 Å². The van der Waals surface area contributed by atoms with E-state index in [1.165, 1.54) is 5.56 Å². The van der Waals surface area contributed by atoms with E-state index in [-0.39, 0.29) is 0 Å². The van der Waals surface area contributed by atoms with Crippen molar-refractivity contribution in [1.82, 2.24) is 0 Å². The van der Waals surface area contributed by atoms with Gasteiger partial charge in [0.25, 0.3) is 0 Å². The summed E-state index contributed by atoms with van der Waals surface area (Å²) in [6.07, 6.45) is -0.283. The molecule has 3 nitrogen and oxygen atoms in total. The van der Waals surface area contributed by atoms with E-state index in [2.05, 4.69) is 18.6 Å². The van der Waals surface area contributed by atoms with Gasteiger partial charge in [-0.1, -0.05) is 26.0 Å².